The smallest absolute Gasteiger partial charge is 0.356 e. The Morgan fingerprint density at radius 3 is 2.31 bits per heavy atom. The van der Waals surface area contributed by atoms with Crippen molar-refractivity contribution in [2.75, 3.05) is 7.11 Å². The lowest BCUT2D eigenvalue weighted by Gasteiger charge is -2.17. The fraction of sp³-hybridized carbons (Fsp3) is 0.370. The van der Waals surface area contributed by atoms with Crippen LogP contribution in [0.3, 0.4) is 0 Å². The minimum Gasteiger partial charge on any atom is -0.464 e. The summed E-state index contributed by atoms with van der Waals surface area (Å²) in [6.07, 6.45) is 1.53. The fourth-order valence-electron chi connectivity index (χ4n) is 3.99. The van der Waals surface area contributed by atoms with Crippen molar-refractivity contribution in [3.8, 4) is 22.5 Å². The molecular weight excluding hydrogens is 456 g/mol. The Bertz CT molecular complexity index is 1270. The molecule has 9 heteroatoms. The molecule has 2 aromatic carbocycles. The van der Waals surface area contributed by atoms with E-state index in [0.29, 0.717) is 24.5 Å². The first-order valence-electron chi connectivity index (χ1n) is 12.2. The van der Waals surface area contributed by atoms with Crippen LogP contribution < -0.4 is 0 Å². The van der Waals surface area contributed by atoms with Gasteiger partial charge in [0.1, 0.15) is 17.1 Å². The number of H-pyrrole nitrogens is 1. The third-order valence-corrected chi connectivity index (χ3v) is 5.60. The predicted molar refractivity (Wildman–Crippen MR) is 138 cm³/mol. The summed E-state index contributed by atoms with van der Waals surface area (Å²) in [7, 11) is 1.34. The highest BCUT2D eigenvalue weighted by molar-refractivity contribution is 5.89. The van der Waals surface area contributed by atoms with Crippen molar-refractivity contribution in [1.29, 1.82) is 0 Å². The number of aromatic amines is 1. The molecule has 36 heavy (non-hydrogen) atoms. The maximum atomic E-state index is 12.7. The topological polar surface area (TPSA) is 119 Å². The average Bonchev–Trinajstić information content (AvgIpc) is 3.54. The van der Waals surface area contributed by atoms with Crippen LogP contribution in [0.25, 0.3) is 22.5 Å². The zero-order valence-corrected chi connectivity index (χ0v) is 21.7. The second-order valence-corrected chi connectivity index (χ2v) is 8.59. The van der Waals surface area contributed by atoms with Crippen LogP contribution in [0.15, 0.2) is 48.5 Å². The monoisotopic (exact) mass is 490 g/mol. The molecule has 0 amide bonds. The van der Waals surface area contributed by atoms with E-state index >= 15 is 0 Å². The number of nitrogens with zero attached hydrogens (tertiary/aromatic N) is 5. The Labute approximate surface area is 211 Å². The lowest BCUT2D eigenvalue weighted by atomic mass is 9.98. The number of rotatable bonds is 8. The molecule has 0 aliphatic heterocycles. The van der Waals surface area contributed by atoms with Crippen LogP contribution in [-0.4, -0.2) is 48.4 Å². The molecule has 2 N–H and O–H groups in total. The van der Waals surface area contributed by atoms with Crippen LogP contribution in [-0.2, 0) is 23.3 Å². The zero-order chi connectivity index (χ0) is 26.3. The lowest BCUT2D eigenvalue weighted by Crippen LogP contribution is -2.23. The van der Waals surface area contributed by atoms with Crippen molar-refractivity contribution in [2.24, 2.45) is 0 Å². The second kappa shape index (κ2) is 11.7. The minimum atomic E-state index is -1.28. The summed E-state index contributed by atoms with van der Waals surface area (Å²) in [6.45, 7) is 9.72. The van der Waals surface area contributed by atoms with Gasteiger partial charge in [-0.15, -0.1) is 10.2 Å². The van der Waals surface area contributed by atoms with Gasteiger partial charge in [0.25, 0.3) is 0 Å². The number of ether oxygens (including phenoxy) is 1. The Balaban J connectivity index is 0.00000176. The molecule has 0 spiro atoms. The third kappa shape index (κ3) is 5.68. The normalized spacial score (nSPS) is 11.1. The summed E-state index contributed by atoms with van der Waals surface area (Å²) in [6, 6.07) is 16.0. The van der Waals surface area contributed by atoms with Gasteiger partial charge in [0.2, 0.25) is 5.82 Å². The zero-order valence-electron chi connectivity index (χ0n) is 21.7. The van der Waals surface area contributed by atoms with Crippen molar-refractivity contribution in [3.05, 3.63) is 71.3 Å². The first-order valence-corrected chi connectivity index (χ1v) is 12.2. The molecular formula is C27H34N6O3. The highest BCUT2D eigenvalue weighted by Gasteiger charge is 2.32. The molecule has 0 saturated carbocycles. The van der Waals surface area contributed by atoms with E-state index in [2.05, 4.69) is 32.5 Å². The highest BCUT2D eigenvalue weighted by Crippen LogP contribution is 2.31. The van der Waals surface area contributed by atoms with E-state index in [-0.39, 0.29) is 5.69 Å². The summed E-state index contributed by atoms with van der Waals surface area (Å²) in [4.78, 5) is 17.3. The molecule has 4 aromatic rings. The summed E-state index contributed by atoms with van der Waals surface area (Å²) in [5.41, 5.74) is 3.20. The molecule has 0 fully saturated rings. The Hall–Kier alpha value is -3.85. The summed E-state index contributed by atoms with van der Waals surface area (Å²) >= 11 is 0. The number of esters is 1. The number of methoxy groups -OCH3 is 1. The summed E-state index contributed by atoms with van der Waals surface area (Å²) in [5, 5.41) is 25.0. The van der Waals surface area contributed by atoms with Gasteiger partial charge in [-0.1, -0.05) is 69.3 Å². The van der Waals surface area contributed by atoms with E-state index < -0.39 is 11.6 Å². The van der Waals surface area contributed by atoms with Crippen molar-refractivity contribution in [2.45, 2.75) is 59.6 Å². The number of benzene rings is 2. The predicted octanol–water partition coefficient (Wildman–Crippen LogP) is 4.77. The van der Waals surface area contributed by atoms with Gasteiger partial charge in [0.05, 0.1) is 7.11 Å². The van der Waals surface area contributed by atoms with Crippen molar-refractivity contribution in [3.63, 3.8) is 0 Å². The van der Waals surface area contributed by atoms with Crippen LogP contribution in [0, 0.1) is 0 Å². The van der Waals surface area contributed by atoms with Gasteiger partial charge in [-0.25, -0.2) is 9.78 Å². The molecule has 0 aliphatic rings. The Morgan fingerprint density at radius 1 is 1.08 bits per heavy atom. The first-order chi connectivity index (χ1) is 17.3. The van der Waals surface area contributed by atoms with Crippen molar-refractivity contribution >= 4 is 5.97 Å². The lowest BCUT2D eigenvalue weighted by molar-refractivity contribution is 0.0532. The average molecular weight is 491 g/mol. The van der Waals surface area contributed by atoms with Crippen LogP contribution in [0.2, 0.25) is 0 Å². The van der Waals surface area contributed by atoms with Crippen molar-refractivity contribution < 1.29 is 14.6 Å². The molecule has 0 saturated heterocycles. The maximum absolute atomic E-state index is 12.7. The summed E-state index contributed by atoms with van der Waals surface area (Å²) < 4.78 is 6.89. The number of carbonyl (C=O) groups excluding carboxylic acids is 1. The highest BCUT2D eigenvalue weighted by atomic mass is 16.5. The second-order valence-electron chi connectivity index (χ2n) is 8.59. The molecule has 2 heterocycles. The van der Waals surface area contributed by atoms with Gasteiger partial charge in [-0.3, -0.25) is 0 Å². The van der Waals surface area contributed by atoms with Crippen LogP contribution in [0.1, 0.15) is 68.6 Å². The number of imidazole rings is 1. The van der Waals surface area contributed by atoms with Gasteiger partial charge < -0.3 is 14.4 Å². The minimum absolute atomic E-state index is 0.282. The third-order valence-electron chi connectivity index (χ3n) is 5.60. The number of tetrazole rings is 1. The Kier molecular flexibility index (Phi) is 8.71. The number of carbonyl (C=O) groups is 1. The van der Waals surface area contributed by atoms with E-state index in [1.165, 1.54) is 7.11 Å². The molecule has 0 aliphatic carbocycles. The number of nitrogens with one attached hydrogen (secondary N) is 1. The molecule has 0 radical (unpaired) electrons. The van der Waals surface area contributed by atoms with Crippen LogP contribution >= 0.6 is 0 Å². The number of aryl methyl sites for hydroxylation is 1. The van der Waals surface area contributed by atoms with Gasteiger partial charge in [0.15, 0.2) is 5.69 Å². The van der Waals surface area contributed by atoms with E-state index in [4.69, 9.17) is 4.74 Å². The fourth-order valence-corrected chi connectivity index (χ4v) is 3.99. The van der Waals surface area contributed by atoms with Crippen LogP contribution in [0.4, 0.5) is 0 Å². The summed E-state index contributed by atoms with van der Waals surface area (Å²) in [5.74, 6) is 0.758. The molecule has 0 unspecified atom stereocenters. The number of hydrogen-bond donors (Lipinski definition) is 2. The quantitative estimate of drug-likeness (QED) is 0.341. The number of aliphatic hydroxyl groups is 1. The molecule has 0 atom stereocenters. The maximum Gasteiger partial charge on any atom is 0.356 e. The van der Waals surface area contributed by atoms with Gasteiger partial charge in [-0.2, -0.15) is 5.21 Å². The van der Waals surface area contributed by atoms with Crippen LogP contribution in [0.5, 0.6) is 0 Å². The van der Waals surface area contributed by atoms with Gasteiger partial charge >= 0.3 is 5.97 Å². The van der Waals surface area contributed by atoms with Crippen molar-refractivity contribution in [1.82, 2.24) is 30.2 Å². The van der Waals surface area contributed by atoms with E-state index in [0.717, 1.165) is 34.5 Å². The number of hydrogen-bond acceptors (Lipinski definition) is 7. The SMILES string of the molecule is CC.CCCc1nc(C(C)(C)O)c(C(=O)OC)n1Cc1ccc(-c2ccccc2-c2nn[nH]n2)cc1. The Morgan fingerprint density at radius 2 is 1.75 bits per heavy atom. The molecule has 0 bridgehead atoms. The molecule has 4 rings (SSSR count). The van der Waals surface area contributed by atoms with E-state index in [9.17, 15) is 9.90 Å². The van der Waals surface area contributed by atoms with E-state index in [1.54, 1.807) is 13.8 Å². The largest absolute Gasteiger partial charge is 0.464 e. The van der Waals surface area contributed by atoms with E-state index in [1.807, 2.05) is 66.9 Å². The van der Waals surface area contributed by atoms with Gasteiger partial charge in [0, 0.05) is 18.5 Å². The molecule has 2 aromatic heterocycles. The number of aromatic nitrogens is 6. The standard InChI is InChI=1S/C25H28N6O3.C2H6/c1-5-8-20-26-22(25(2,3)33)21(24(32)34-4)31(20)15-16-11-13-17(14-12-16)18-9-6-7-10-19(18)23-27-29-30-28-23;1-2/h6-7,9-14,33H,5,8,15H2,1-4H3,(H,27,28,29,30);1-2H3. The molecule has 190 valence electrons. The first kappa shape index (κ1) is 26.7. The van der Waals surface area contributed by atoms with Gasteiger partial charge in [-0.05, 0) is 42.2 Å². The molecule has 9 nitrogen and oxygen atoms in total.